The number of anilines is 1. The van der Waals surface area contributed by atoms with Gasteiger partial charge in [-0.15, -0.1) is 5.10 Å². The van der Waals surface area contributed by atoms with Gasteiger partial charge in [-0.05, 0) is 12.5 Å². The van der Waals surface area contributed by atoms with Crippen molar-refractivity contribution in [1.82, 2.24) is 15.5 Å². The van der Waals surface area contributed by atoms with Crippen LogP contribution in [0.3, 0.4) is 0 Å². The molecule has 0 spiro atoms. The van der Waals surface area contributed by atoms with E-state index in [-0.39, 0.29) is 5.91 Å². The molecule has 0 radical (unpaired) electrons. The van der Waals surface area contributed by atoms with Crippen molar-refractivity contribution in [1.29, 1.82) is 0 Å². The topological polar surface area (TPSA) is 66.9 Å². The second-order valence-electron chi connectivity index (χ2n) is 2.78. The summed E-state index contributed by atoms with van der Waals surface area (Å²) in [4.78, 5) is 11.4. The smallest absolute Gasteiger partial charge is 0.254 e. The van der Waals surface area contributed by atoms with Crippen LogP contribution in [-0.2, 0) is 6.42 Å². The Hall–Kier alpha value is -1.65. The molecular formula is C9H14N4O. The predicted octanol–water partition coefficient (Wildman–Crippen LogP) is 0.440. The molecule has 0 fully saturated rings. The Kier molecular flexibility index (Phi) is 3.39. The zero-order chi connectivity index (χ0) is 10.6. The maximum absolute atomic E-state index is 11.4. The highest BCUT2D eigenvalue weighted by molar-refractivity contribution is 5.98. The molecule has 1 rings (SSSR count). The Morgan fingerprint density at radius 2 is 2.14 bits per heavy atom. The van der Waals surface area contributed by atoms with Crippen LogP contribution in [0.1, 0.15) is 23.0 Å². The monoisotopic (exact) mass is 194 g/mol. The Balaban J connectivity index is 3.14. The van der Waals surface area contributed by atoms with Crippen molar-refractivity contribution in [3.63, 3.8) is 0 Å². The molecule has 1 amide bonds. The van der Waals surface area contributed by atoms with Crippen LogP contribution in [0.5, 0.6) is 0 Å². The van der Waals surface area contributed by atoms with Crippen LogP contribution in [0.25, 0.3) is 0 Å². The highest BCUT2D eigenvalue weighted by atomic mass is 16.1. The summed E-state index contributed by atoms with van der Waals surface area (Å²) in [6.07, 6.45) is 0.765. The Morgan fingerprint density at radius 3 is 2.64 bits per heavy atom. The van der Waals surface area contributed by atoms with E-state index in [1.54, 1.807) is 20.2 Å². The third-order valence-corrected chi connectivity index (χ3v) is 1.92. The summed E-state index contributed by atoms with van der Waals surface area (Å²) in [5.41, 5.74) is 1.34. The number of nitrogens with zero attached hydrogens (tertiary/aromatic N) is 2. The second-order valence-corrected chi connectivity index (χ2v) is 2.78. The van der Waals surface area contributed by atoms with Gasteiger partial charge in [0.2, 0.25) is 0 Å². The standard InChI is InChI=1S/C9H14N4O/c1-4-6-5-7(9(14)11-3)8(10-2)13-12-6/h5H,4H2,1-3H3,(H,10,13)(H,11,14). The number of hydrogen-bond donors (Lipinski definition) is 2. The first-order valence-corrected chi connectivity index (χ1v) is 4.49. The van der Waals surface area contributed by atoms with Gasteiger partial charge < -0.3 is 10.6 Å². The number of carbonyl (C=O) groups is 1. The van der Waals surface area contributed by atoms with Gasteiger partial charge in [-0.2, -0.15) is 5.10 Å². The van der Waals surface area contributed by atoms with E-state index in [9.17, 15) is 4.79 Å². The molecule has 0 aliphatic rings. The van der Waals surface area contributed by atoms with Crippen molar-refractivity contribution in [3.05, 3.63) is 17.3 Å². The molecule has 0 atom stereocenters. The van der Waals surface area contributed by atoms with Crippen molar-refractivity contribution >= 4 is 11.7 Å². The molecule has 0 saturated heterocycles. The summed E-state index contributed by atoms with van der Waals surface area (Å²) in [6.45, 7) is 1.97. The minimum atomic E-state index is -0.154. The number of rotatable bonds is 3. The quantitative estimate of drug-likeness (QED) is 0.732. The van der Waals surface area contributed by atoms with Crippen molar-refractivity contribution < 1.29 is 4.79 Å². The summed E-state index contributed by atoms with van der Waals surface area (Å²) < 4.78 is 0. The van der Waals surface area contributed by atoms with E-state index in [0.29, 0.717) is 11.4 Å². The van der Waals surface area contributed by atoms with E-state index in [4.69, 9.17) is 0 Å². The summed E-state index contributed by atoms with van der Waals surface area (Å²) in [5.74, 6) is 0.348. The minimum absolute atomic E-state index is 0.154. The zero-order valence-corrected chi connectivity index (χ0v) is 8.59. The number of amides is 1. The number of aryl methyl sites for hydroxylation is 1. The first-order chi connectivity index (χ1) is 6.72. The highest BCUT2D eigenvalue weighted by Gasteiger charge is 2.11. The summed E-state index contributed by atoms with van der Waals surface area (Å²) in [7, 11) is 3.30. The van der Waals surface area contributed by atoms with Crippen LogP contribution in [0.4, 0.5) is 5.82 Å². The van der Waals surface area contributed by atoms with Gasteiger partial charge in [-0.3, -0.25) is 4.79 Å². The molecule has 0 aromatic carbocycles. The molecule has 1 aromatic rings. The molecular weight excluding hydrogens is 180 g/mol. The number of carbonyl (C=O) groups excluding carboxylic acids is 1. The first-order valence-electron chi connectivity index (χ1n) is 4.49. The summed E-state index contributed by atoms with van der Waals surface area (Å²) >= 11 is 0. The van der Waals surface area contributed by atoms with Crippen molar-refractivity contribution in [2.75, 3.05) is 19.4 Å². The van der Waals surface area contributed by atoms with Gasteiger partial charge in [0.05, 0.1) is 11.3 Å². The molecule has 5 heteroatoms. The second kappa shape index (κ2) is 4.55. The molecule has 5 nitrogen and oxygen atoms in total. The Bertz CT molecular complexity index is 338. The number of hydrogen-bond acceptors (Lipinski definition) is 4. The summed E-state index contributed by atoms with van der Waals surface area (Å²) in [6, 6.07) is 1.75. The lowest BCUT2D eigenvalue weighted by Crippen LogP contribution is -2.20. The maximum Gasteiger partial charge on any atom is 0.254 e. The average molecular weight is 194 g/mol. The molecule has 0 aliphatic carbocycles. The van der Waals surface area contributed by atoms with E-state index in [1.165, 1.54) is 0 Å². The molecule has 0 aliphatic heterocycles. The van der Waals surface area contributed by atoms with Crippen molar-refractivity contribution in [3.8, 4) is 0 Å². The molecule has 0 bridgehead atoms. The maximum atomic E-state index is 11.4. The van der Waals surface area contributed by atoms with E-state index in [1.807, 2.05) is 6.92 Å². The van der Waals surface area contributed by atoms with Crippen LogP contribution >= 0.6 is 0 Å². The number of aromatic nitrogens is 2. The first kappa shape index (κ1) is 10.4. The molecule has 1 heterocycles. The number of nitrogens with one attached hydrogen (secondary N) is 2. The van der Waals surface area contributed by atoms with Crippen molar-refractivity contribution in [2.24, 2.45) is 0 Å². The molecule has 14 heavy (non-hydrogen) atoms. The van der Waals surface area contributed by atoms with E-state index < -0.39 is 0 Å². The SMILES string of the molecule is CCc1cc(C(=O)NC)c(NC)nn1. The van der Waals surface area contributed by atoms with Gasteiger partial charge in [0.1, 0.15) is 0 Å². The third kappa shape index (κ3) is 1.99. The lowest BCUT2D eigenvalue weighted by atomic mass is 10.2. The predicted molar refractivity (Wildman–Crippen MR) is 54.3 cm³/mol. The van der Waals surface area contributed by atoms with Gasteiger partial charge in [-0.25, -0.2) is 0 Å². The fourth-order valence-electron chi connectivity index (χ4n) is 1.10. The van der Waals surface area contributed by atoms with E-state index in [2.05, 4.69) is 20.8 Å². The molecule has 0 saturated carbocycles. The fraction of sp³-hybridized carbons (Fsp3) is 0.444. The van der Waals surface area contributed by atoms with Gasteiger partial charge in [0.25, 0.3) is 5.91 Å². The lowest BCUT2D eigenvalue weighted by molar-refractivity contribution is 0.0963. The average Bonchev–Trinajstić information content (AvgIpc) is 2.27. The molecule has 0 unspecified atom stereocenters. The Morgan fingerprint density at radius 1 is 1.43 bits per heavy atom. The molecule has 76 valence electrons. The highest BCUT2D eigenvalue weighted by Crippen LogP contribution is 2.11. The van der Waals surface area contributed by atoms with Crippen LogP contribution in [0.15, 0.2) is 6.07 Å². The van der Waals surface area contributed by atoms with E-state index in [0.717, 1.165) is 12.1 Å². The van der Waals surface area contributed by atoms with Gasteiger partial charge in [0.15, 0.2) is 5.82 Å². The molecule has 1 aromatic heterocycles. The van der Waals surface area contributed by atoms with E-state index >= 15 is 0 Å². The van der Waals surface area contributed by atoms with Crippen LogP contribution < -0.4 is 10.6 Å². The molecule has 2 N–H and O–H groups in total. The van der Waals surface area contributed by atoms with Gasteiger partial charge >= 0.3 is 0 Å². The van der Waals surface area contributed by atoms with Gasteiger partial charge in [-0.1, -0.05) is 6.92 Å². The van der Waals surface area contributed by atoms with Gasteiger partial charge in [0, 0.05) is 14.1 Å². The Labute approximate surface area is 82.9 Å². The summed E-state index contributed by atoms with van der Waals surface area (Å²) in [5, 5.41) is 13.3. The largest absolute Gasteiger partial charge is 0.371 e. The third-order valence-electron chi connectivity index (χ3n) is 1.92. The lowest BCUT2D eigenvalue weighted by Gasteiger charge is -2.06. The van der Waals surface area contributed by atoms with Crippen LogP contribution in [-0.4, -0.2) is 30.2 Å². The fourth-order valence-corrected chi connectivity index (χ4v) is 1.10. The zero-order valence-electron chi connectivity index (χ0n) is 8.59. The normalized spacial score (nSPS) is 9.64. The van der Waals surface area contributed by atoms with Crippen LogP contribution in [0.2, 0.25) is 0 Å². The minimum Gasteiger partial charge on any atom is -0.371 e. The van der Waals surface area contributed by atoms with Crippen molar-refractivity contribution in [2.45, 2.75) is 13.3 Å². The van der Waals surface area contributed by atoms with Crippen LogP contribution in [0, 0.1) is 0 Å².